The highest BCUT2D eigenvalue weighted by molar-refractivity contribution is 5.03. The van der Waals surface area contributed by atoms with Gasteiger partial charge in [-0.3, -0.25) is 4.90 Å². The van der Waals surface area contributed by atoms with Crippen molar-refractivity contribution in [2.45, 2.75) is 50.3 Å². The van der Waals surface area contributed by atoms with Crippen molar-refractivity contribution in [1.29, 1.82) is 0 Å². The summed E-state index contributed by atoms with van der Waals surface area (Å²) in [5.41, 5.74) is 0. The van der Waals surface area contributed by atoms with Gasteiger partial charge >= 0.3 is 0 Å². The lowest BCUT2D eigenvalue weighted by molar-refractivity contribution is -0.0129. The van der Waals surface area contributed by atoms with Crippen molar-refractivity contribution in [3.8, 4) is 0 Å². The predicted octanol–water partition coefficient (Wildman–Crippen LogP) is 0.994. The van der Waals surface area contributed by atoms with Crippen LogP contribution >= 0.6 is 0 Å². The quantitative estimate of drug-likeness (QED) is 0.581. The van der Waals surface area contributed by atoms with E-state index in [4.69, 9.17) is 0 Å². The van der Waals surface area contributed by atoms with Crippen molar-refractivity contribution in [3.63, 3.8) is 0 Å². The molecule has 3 heterocycles. The zero-order valence-corrected chi connectivity index (χ0v) is 7.45. The molecular weight excluding hydrogens is 150 g/mol. The van der Waals surface area contributed by atoms with Crippen LogP contribution in [-0.4, -0.2) is 34.7 Å². The van der Waals surface area contributed by atoms with E-state index in [9.17, 15) is 5.11 Å². The molecule has 0 aromatic rings. The molecule has 0 spiro atoms. The van der Waals surface area contributed by atoms with E-state index in [-0.39, 0.29) is 6.10 Å². The van der Waals surface area contributed by atoms with Crippen LogP contribution in [0.25, 0.3) is 0 Å². The van der Waals surface area contributed by atoms with Gasteiger partial charge in [0, 0.05) is 12.1 Å². The fourth-order valence-corrected chi connectivity index (χ4v) is 3.65. The number of aliphatic hydroxyl groups is 1. The van der Waals surface area contributed by atoms with Gasteiger partial charge in [-0.1, -0.05) is 0 Å². The van der Waals surface area contributed by atoms with Crippen LogP contribution in [0.3, 0.4) is 0 Å². The lowest BCUT2D eigenvalue weighted by Crippen LogP contribution is -2.51. The minimum Gasteiger partial charge on any atom is -0.391 e. The third-order valence-electron chi connectivity index (χ3n) is 4.09. The number of hydrogen-bond donors (Lipinski definition) is 1. The van der Waals surface area contributed by atoms with E-state index < -0.39 is 0 Å². The number of rotatable bonds is 0. The normalized spacial score (nSPS) is 57.2. The lowest BCUT2D eigenvalue weighted by atomic mass is 9.88. The maximum atomic E-state index is 9.86. The highest BCUT2D eigenvalue weighted by Gasteiger charge is 2.49. The Hall–Kier alpha value is -0.0800. The number of aliphatic hydroxyl groups excluding tert-OH is 1. The van der Waals surface area contributed by atoms with Crippen LogP contribution in [0.5, 0.6) is 0 Å². The Labute approximate surface area is 73.6 Å². The molecule has 2 nitrogen and oxygen atoms in total. The van der Waals surface area contributed by atoms with E-state index in [0.717, 1.165) is 18.4 Å². The summed E-state index contributed by atoms with van der Waals surface area (Å²) in [5.74, 6) is 0.834. The van der Waals surface area contributed by atoms with Crippen LogP contribution in [0.1, 0.15) is 32.1 Å². The van der Waals surface area contributed by atoms with Crippen LogP contribution in [0.4, 0.5) is 0 Å². The Bertz CT molecular complexity index is 194. The molecule has 5 unspecified atom stereocenters. The summed E-state index contributed by atoms with van der Waals surface area (Å²) in [6, 6.07) is 1.39. The van der Waals surface area contributed by atoms with Crippen LogP contribution in [0.2, 0.25) is 0 Å². The second-order valence-electron chi connectivity index (χ2n) is 4.66. The molecule has 68 valence electrons. The molecule has 4 bridgehead atoms. The molecule has 0 aliphatic carbocycles. The van der Waals surface area contributed by atoms with Crippen molar-refractivity contribution in [1.82, 2.24) is 4.90 Å². The third kappa shape index (κ3) is 0.826. The Kier molecular flexibility index (Phi) is 1.50. The van der Waals surface area contributed by atoms with Gasteiger partial charge in [-0.05, 0) is 44.6 Å². The second-order valence-corrected chi connectivity index (χ2v) is 4.66. The van der Waals surface area contributed by atoms with Gasteiger partial charge in [0.05, 0.1) is 6.10 Å². The van der Waals surface area contributed by atoms with Gasteiger partial charge in [-0.25, -0.2) is 0 Å². The van der Waals surface area contributed by atoms with E-state index >= 15 is 0 Å². The minimum absolute atomic E-state index is 0.00551. The molecule has 0 saturated carbocycles. The lowest BCUT2D eigenvalue weighted by Gasteiger charge is -2.41. The van der Waals surface area contributed by atoms with Gasteiger partial charge in [-0.15, -0.1) is 0 Å². The first-order chi connectivity index (χ1) is 5.86. The number of piperidine rings is 2. The van der Waals surface area contributed by atoms with E-state index in [1.54, 1.807) is 0 Å². The SMILES string of the molecule is OC1CCC2CC3CCCN2C13. The van der Waals surface area contributed by atoms with Crippen molar-refractivity contribution in [2.24, 2.45) is 5.92 Å². The van der Waals surface area contributed by atoms with Gasteiger partial charge in [0.15, 0.2) is 0 Å². The highest BCUT2D eigenvalue weighted by atomic mass is 16.3. The Morgan fingerprint density at radius 2 is 2.08 bits per heavy atom. The minimum atomic E-state index is -0.00551. The fraction of sp³-hybridized carbons (Fsp3) is 1.00. The van der Waals surface area contributed by atoms with Gasteiger partial charge in [0.25, 0.3) is 0 Å². The maximum absolute atomic E-state index is 9.86. The molecular formula is C10H17NO. The molecule has 0 aromatic heterocycles. The summed E-state index contributed by atoms with van der Waals surface area (Å²) in [7, 11) is 0. The van der Waals surface area contributed by atoms with E-state index in [1.807, 2.05) is 0 Å². The molecule has 3 aliphatic heterocycles. The number of hydrogen-bond acceptors (Lipinski definition) is 2. The first-order valence-corrected chi connectivity index (χ1v) is 5.30. The summed E-state index contributed by atoms with van der Waals surface area (Å²) in [6.07, 6.45) is 6.41. The van der Waals surface area contributed by atoms with Crippen LogP contribution in [0, 0.1) is 5.92 Å². The predicted molar refractivity (Wildman–Crippen MR) is 46.9 cm³/mol. The van der Waals surface area contributed by atoms with Crippen molar-refractivity contribution >= 4 is 0 Å². The zero-order chi connectivity index (χ0) is 8.13. The van der Waals surface area contributed by atoms with Gasteiger partial charge in [0.1, 0.15) is 0 Å². The molecule has 1 N–H and O–H groups in total. The van der Waals surface area contributed by atoms with Gasteiger partial charge in [-0.2, -0.15) is 0 Å². The number of nitrogens with zero attached hydrogens (tertiary/aromatic N) is 1. The summed E-state index contributed by atoms with van der Waals surface area (Å²) < 4.78 is 0. The van der Waals surface area contributed by atoms with Crippen LogP contribution in [0.15, 0.2) is 0 Å². The highest BCUT2D eigenvalue weighted by Crippen LogP contribution is 2.44. The second kappa shape index (κ2) is 2.46. The average Bonchev–Trinajstić information content (AvgIpc) is 2.24. The fourth-order valence-electron chi connectivity index (χ4n) is 3.65. The Morgan fingerprint density at radius 1 is 1.17 bits per heavy atom. The average molecular weight is 167 g/mol. The summed E-state index contributed by atoms with van der Waals surface area (Å²) in [5, 5.41) is 9.86. The molecule has 5 atom stereocenters. The van der Waals surface area contributed by atoms with Crippen molar-refractivity contribution < 1.29 is 5.11 Å². The van der Waals surface area contributed by atoms with Crippen molar-refractivity contribution in [3.05, 3.63) is 0 Å². The molecule has 0 amide bonds. The monoisotopic (exact) mass is 167 g/mol. The third-order valence-corrected chi connectivity index (χ3v) is 4.09. The van der Waals surface area contributed by atoms with E-state index in [2.05, 4.69) is 4.90 Å². The topological polar surface area (TPSA) is 23.5 Å². The molecule has 12 heavy (non-hydrogen) atoms. The first kappa shape index (κ1) is 7.34. The first-order valence-electron chi connectivity index (χ1n) is 5.30. The maximum Gasteiger partial charge on any atom is 0.0698 e. The molecule has 3 fully saturated rings. The van der Waals surface area contributed by atoms with Crippen LogP contribution < -0.4 is 0 Å². The van der Waals surface area contributed by atoms with E-state index in [0.29, 0.717) is 6.04 Å². The molecule has 3 aliphatic rings. The van der Waals surface area contributed by atoms with Gasteiger partial charge < -0.3 is 5.11 Å². The molecule has 0 radical (unpaired) electrons. The molecule has 0 aromatic carbocycles. The molecule has 2 heteroatoms. The van der Waals surface area contributed by atoms with Gasteiger partial charge in [0.2, 0.25) is 0 Å². The summed E-state index contributed by atoms with van der Waals surface area (Å²) in [4.78, 5) is 2.59. The van der Waals surface area contributed by atoms with E-state index in [1.165, 1.54) is 32.2 Å². The molecule has 3 saturated heterocycles. The van der Waals surface area contributed by atoms with Crippen molar-refractivity contribution in [2.75, 3.05) is 6.54 Å². The largest absolute Gasteiger partial charge is 0.391 e. The molecule has 3 rings (SSSR count). The van der Waals surface area contributed by atoms with Crippen LogP contribution in [-0.2, 0) is 0 Å². The summed E-state index contributed by atoms with van der Waals surface area (Å²) in [6.45, 7) is 1.25. The Morgan fingerprint density at radius 3 is 2.92 bits per heavy atom. The smallest absolute Gasteiger partial charge is 0.0698 e. The Balaban J connectivity index is 1.92. The standard InChI is InChI=1S/C10H17NO/c12-9-4-3-8-6-7-2-1-5-11(8)10(7)9/h7-10,12H,1-6H2. The zero-order valence-electron chi connectivity index (χ0n) is 7.45. The summed E-state index contributed by atoms with van der Waals surface area (Å²) >= 11 is 0.